The number of nitrogens with one attached hydrogen (secondary N) is 2. The molecule has 6 N–H and O–H groups in total. The number of carbonyl (C=O) groups excluding carboxylic acids is 2. The third-order valence-electron chi connectivity index (χ3n) is 2.39. The van der Waals surface area contributed by atoms with Gasteiger partial charge in [-0.15, -0.1) is 0 Å². The summed E-state index contributed by atoms with van der Waals surface area (Å²) in [4.78, 5) is 22.4. The smallest absolute Gasteiger partial charge is 0.312 e. The molecule has 0 aliphatic heterocycles. The van der Waals surface area contributed by atoms with Crippen LogP contribution in [0.5, 0.6) is 0 Å². The first-order valence-corrected chi connectivity index (χ1v) is 5.97. The molecule has 1 aromatic carbocycles. The number of urea groups is 1. The molecule has 0 atom stereocenters. The Hall–Kier alpha value is -2.08. The van der Waals surface area contributed by atoms with E-state index in [4.69, 9.17) is 11.5 Å². The minimum atomic E-state index is -0.577. The summed E-state index contributed by atoms with van der Waals surface area (Å²) in [6.07, 6.45) is 0. The second-order valence-electron chi connectivity index (χ2n) is 5.09. The van der Waals surface area contributed by atoms with E-state index in [1.807, 2.05) is 13.8 Å². The predicted octanol–water partition coefficient (Wildman–Crippen LogP) is 0.322. The normalized spacial score (nSPS) is 10.9. The number of amides is 3. The van der Waals surface area contributed by atoms with Gasteiger partial charge in [-0.1, -0.05) is 12.1 Å². The van der Waals surface area contributed by atoms with Crippen molar-refractivity contribution in [2.45, 2.75) is 25.9 Å². The number of carbonyl (C=O) groups is 2. The fourth-order valence-electron chi connectivity index (χ4n) is 1.37. The second kappa shape index (κ2) is 6.19. The Morgan fingerprint density at radius 2 is 1.74 bits per heavy atom. The van der Waals surface area contributed by atoms with Gasteiger partial charge in [-0.2, -0.15) is 0 Å². The fourth-order valence-corrected chi connectivity index (χ4v) is 1.37. The van der Waals surface area contributed by atoms with Crippen molar-refractivity contribution in [2.24, 2.45) is 11.5 Å². The van der Waals surface area contributed by atoms with Crippen LogP contribution in [-0.2, 0) is 6.54 Å². The maximum atomic E-state index is 11.8. The van der Waals surface area contributed by atoms with Gasteiger partial charge in [-0.3, -0.25) is 4.79 Å². The molecule has 0 aromatic heterocycles. The van der Waals surface area contributed by atoms with E-state index in [9.17, 15) is 9.59 Å². The van der Waals surface area contributed by atoms with E-state index in [1.165, 1.54) is 0 Å². The average Bonchev–Trinajstić information content (AvgIpc) is 2.33. The molecule has 0 saturated heterocycles. The number of nitrogens with two attached hydrogens (primary N) is 2. The lowest BCUT2D eigenvalue weighted by Gasteiger charge is -2.18. The van der Waals surface area contributed by atoms with E-state index in [0.29, 0.717) is 18.7 Å². The van der Waals surface area contributed by atoms with Crippen molar-refractivity contribution in [3.8, 4) is 0 Å². The van der Waals surface area contributed by atoms with Gasteiger partial charge in [0, 0.05) is 24.2 Å². The van der Waals surface area contributed by atoms with Crippen molar-refractivity contribution in [2.75, 3.05) is 6.54 Å². The van der Waals surface area contributed by atoms with E-state index >= 15 is 0 Å². The molecule has 6 nitrogen and oxygen atoms in total. The zero-order chi connectivity index (χ0) is 14.5. The first-order valence-electron chi connectivity index (χ1n) is 5.97. The minimum absolute atomic E-state index is 0.173. The zero-order valence-electron chi connectivity index (χ0n) is 11.2. The molecule has 0 saturated carbocycles. The highest BCUT2D eigenvalue weighted by molar-refractivity contribution is 5.94. The molecule has 19 heavy (non-hydrogen) atoms. The molecule has 1 rings (SSSR count). The maximum absolute atomic E-state index is 11.8. The first-order chi connectivity index (χ1) is 8.78. The van der Waals surface area contributed by atoms with Crippen LogP contribution in [0.25, 0.3) is 0 Å². The Morgan fingerprint density at radius 3 is 2.21 bits per heavy atom. The SMILES string of the molecule is CC(C)(N)CNC(=O)c1ccc(CNC(N)=O)cc1. The van der Waals surface area contributed by atoms with Gasteiger partial charge in [0.15, 0.2) is 0 Å². The van der Waals surface area contributed by atoms with E-state index in [1.54, 1.807) is 24.3 Å². The van der Waals surface area contributed by atoms with E-state index in [-0.39, 0.29) is 5.91 Å². The van der Waals surface area contributed by atoms with Crippen molar-refractivity contribution in [1.82, 2.24) is 10.6 Å². The van der Waals surface area contributed by atoms with Gasteiger partial charge >= 0.3 is 6.03 Å². The van der Waals surface area contributed by atoms with Crippen LogP contribution in [0.2, 0.25) is 0 Å². The minimum Gasteiger partial charge on any atom is -0.352 e. The summed E-state index contributed by atoms with van der Waals surface area (Å²) in [5, 5.41) is 5.23. The largest absolute Gasteiger partial charge is 0.352 e. The van der Waals surface area contributed by atoms with Gasteiger partial charge in [0.05, 0.1) is 0 Å². The van der Waals surface area contributed by atoms with Crippen LogP contribution in [0.4, 0.5) is 4.79 Å². The van der Waals surface area contributed by atoms with Crippen LogP contribution < -0.4 is 22.1 Å². The molecule has 0 radical (unpaired) electrons. The topological polar surface area (TPSA) is 110 Å². The monoisotopic (exact) mass is 264 g/mol. The van der Waals surface area contributed by atoms with Crippen molar-refractivity contribution >= 4 is 11.9 Å². The Bertz CT molecular complexity index is 449. The molecular weight excluding hydrogens is 244 g/mol. The standard InChI is InChI=1S/C13H20N4O2/c1-13(2,15)8-17-11(18)10-5-3-9(4-6-10)7-16-12(14)19/h3-6H,7-8,15H2,1-2H3,(H,17,18)(H3,14,16,19). The van der Waals surface area contributed by atoms with Crippen LogP contribution in [0.1, 0.15) is 29.8 Å². The van der Waals surface area contributed by atoms with Crippen LogP contribution in [0.3, 0.4) is 0 Å². The molecule has 0 heterocycles. The van der Waals surface area contributed by atoms with Gasteiger partial charge in [0.25, 0.3) is 5.91 Å². The summed E-state index contributed by atoms with van der Waals surface area (Å²) in [5.41, 5.74) is 11.7. The number of hydrogen-bond acceptors (Lipinski definition) is 3. The molecule has 6 heteroatoms. The molecule has 0 fully saturated rings. The molecule has 0 bridgehead atoms. The van der Waals surface area contributed by atoms with E-state index in [0.717, 1.165) is 5.56 Å². The van der Waals surface area contributed by atoms with Crippen LogP contribution >= 0.6 is 0 Å². The highest BCUT2D eigenvalue weighted by Crippen LogP contribution is 2.05. The van der Waals surface area contributed by atoms with Crippen molar-refractivity contribution in [3.05, 3.63) is 35.4 Å². The Morgan fingerprint density at radius 1 is 1.16 bits per heavy atom. The molecule has 0 aliphatic rings. The molecular formula is C13H20N4O2. The van der Waals surface area contributed by atoms with Crippen molar-refractivity contribution in [3.63, 3.8) is 0 Å². The number of rotatable bonds is 5. The lowest BCUT2D eigenvalue weighted by atomic mass is 10.1. The van der Waals surface area contributed by atoms with Crippen LogP contribution in [-0.4, -0.2) is 24.0 Å². The van der Waals surface area contributed by atoms with Gasteiger partial charge in [0.2, 0.25) is 0 Å². The third kappa shape index (κ3) is 5.87. The number of benzene rings is 1. The Kier molecular flexibility index (Phi) is 4.88. The van der Waals surface area contributed by atoms with Gasteiger partial charge in [-0.05, 0) is 31.5 Å². The van der Waals surface area contributed by atoms with Gasteiger partial charge in [-0.25, -0.2) is 4.79 Å². The molecule has 0 unspecified atom stereocenters. The highest BCUT2D eigenvalue weighted by Gasteiger charge is 2.13. The lowest BCUT2D eigenvalue weighted by molar-refractivity contribution is 0.0946. The fraction of sp³-hybridized carbons (Fsp3) is 0.385. The van der Waals surface area contributed by atoms with Crippen molar-refractivity contribution < 1.29 is 9.59 Å². The molecule has 0 spiro atoms. The molecule has 0 aliphatic carbocycles. The second-order valence-corrected chi connectivity index (χ2v) is 5.09. The number of primary amides is 1. The third-order valence-corrected chi connectivity index (χ3v) is 2.39. The molecule has 104 valence electrons. The van der Waals surface area contributed by atoms with E-state index < -0.39 is 11.6 Å². The molecule has 3 amide bonds. The summed E-state index contributed by atoms with van der Waals surface area (Å²) >= 11 is 0. The summed E-state index contributed by atoms with van der Waals surface area (Å²) in [6, 6.07) is 6.33. The Labute approximate surface area is 112 Å². The lowest BCUT2D eigenvalue weighted by Crippen LogP contribution is -2.45. The summed E-state index contributed by atoms with van der Waals surface area (Å²) in [6.45, 7) is 4.42. The van der Waals surface area contributed by atoms with Gasteiger partial charge < -0.3 is 22.1 Å². The summed E-state index contributed by atoms with van der Waals surface area (Å²) < 4.78 is 0. The quantitative estimate of drug-likeness (QED) is 0.614. The highest BCUT2D eigenvalue weighted by atomic mass is 16.2. The first kappa shape index (κ1) is 15.0. The van der Waals surface area contributed by atoms with E-state index in [2.05, 4.69) is 10.6 Å². The zero-order valence-corrected chi connectivity index (χ0v) is 11.2. The summed E-state index contributed by atoms with van der Waals surface area (Å²) in [7, 11) is 0. The Balaban J connectivity index is 2.55. The average molecular weight is 264 g/mol. The number of hydrogen-bond donors (Lipinski definition) is 4. The van der Waals surface area contributed by atoms with Crippen LogP contribution in [0, 0.1) is 0 Å². The van der Waals surface area contributed by atoms with Crippen molar-refractivity contribution in [1.29, 1.82) is 0 Å². The van der Waals surface area contributed by atoms with Gasteiger partial charge in [0.1, 0.15) is 0 Å². The predicted molar refractivity (Wildman–Crippen MR) is 73.5 cm³/mol. The van der Waals surface area contributed by atoms with Crippen LogP contribution in [0.15, 0.2) is 24.3 Å². The molecule has 1 aromatic rings. The summed E-state index contributed by atoms with van der Waals surface area (Å²) in [5.74, 6) is -0.173. The maximum Gasteiger partial charge on any atom is 0.312 e.